The highest BCUT2D eigenvalue weighted by molar-refractivity contribution is 5.98. The SMILES string of the molecule is C[C@@]1(C(=O)Nc2ccc(C#N)c(C(F)(F)F)c2)CC(C(F)(F)F)N=N1. The number of halogens is 6. The van der Waals surface area contributed by atoms with Crippen LogP contribution in [0, 0.1) is 11.3 Å². The quantitative estimate of drug-likeness (QED) is 0.804. The number of nitrogens with one attached hydrogen (secondary N) is 1. The van der Waals surface area contributed by atoms with Crippen molar-refractivity contribution < 1.29 is 31.1 Å². The number of benzene rings is 1. The molecule has 0 aliphatic carbocycles. The van der Waals surface area contributed by atoms with Crippen LogP contribution in [0.3, 0.4) is 0 Å². The fraction of sp³-hybridized carbons (Fsp3) is 0.429. The Labute approximate surface area is 137 Å². The van der Waals surface area contributed by atoms with Crippen LogP contribution in [0.25, 0.3) is 0 Å². The molecule has 2 atom stereocenters. The normalized spacial score (nSPS) is 23.4. The predicted molar refractivity (Wildman–Crippen MR) is 72.5 cm³/mol. The van der Waals surface area contributed by atoms with Crippen molar-refractivity contribution in [1.82, 2.24) is 0 Å². The van der Waals surface area contributed by atoms with Crippen LogP contribution < -0.4 is 5.32 Å². The van der Waals surface area contributed by atoms with Crippen LogP contribution in [-0.2, 0) is 11.0 Å². The minimum absolute atomic E-state index is 0.316. The van der Waals surface area contributed by atoms with E-state index in [4.69, 9.17) is 5.26 Å². The third-order valence-electron chi connectivity index (χ3n) is 3.58. The second kappa shape index (κ2) is 6.02. The number of carbonyl (C=O) groups excluding carboxylic acids is 1. The Morgan fingerprint density at radius 1 is 1.32 bits per heavy atom. The van der Waals surface area contributed by atoms with Crippen LogP contribution in [0.2, 0.25) is 0 Å². The highest BCUT2D eigenvalue weighted by atomic mass is 19.4. The summed E-state index contributed by atoms with van der Waals surface area (Å²) in [5, 5.41) is 17.2. The van der Waals surface area contributed by atoms with Gasteiger partial charge in [-0.2, -0.15) is 41.8 Å². The first-order chi connectivity index (χ1) is 11.4. The number of carbonyl (C=O) groups is 1. The third-order valence-corrected chi connectivity index (χ3v) is 3.58. The molecule has 1 unspecified atom stereocenters. The van der Waals surface area contributed by atoms with Crippen molar-refractivity contribution in [2.75, 3.05) is 5.32 Å². The molecule has 1 heterocycles. The highest BCUT2D eigenvalue weighted by Crippen LogP contribution is 2.38. The van der Waals surface area contributed by atoms with Crippen molar-refractivity contribution in [3.63, 3.8) is 0 Å². The van der Waals surface area contributed by atoms with Gasteiger partial charge in [0.15, 0.2) is 11.6 Å². The lowest BCUT2D eigenvalue weighted by Crippen LogP contribution is -2.40. The Balaban J connectivity index is 2.22. The van der Waals surface area contributed by atoms with Crippen LogP contribution in [-0.4, -0.2) is 23.7 Å². The Kier molecular flexibility index (Phi) is 4.50. The molecule has 1 amide bonds. The number of azo groups is 1. The molecule has 0 spiro atoms. The van der Waals surface area contributed by atoms with Gasteiger partial charge in [-0.15, -0.1) is 0 Å². The van der Waals surface area contributed by atoms with Crippen molar-refractivity contribution in [2.24, 2.45) is 10.2 Å². The lowest BCUT2D eigenvalue weighted by molar-refractivity contribution is -0.148. The van der Waals surface area contributed by atoms with E-state index < -0.39 is 47.4 Å². The van der Waals surface area contributed by atoms with Gasteiger partial charge in [-0.25, -0.2) is 0 Å². The van der Waals surface area contributed by atoms with Crippen molar-refractivity contribution >= 4 is 11.6 Å². The highest BCUT2D eigenvalue weighted by Gasteiger charge is 2.51. The molecule has 5 nitrogen and oxygen atoms in total. The largest absolute Gasteiger partial charge is 0.417 e. The predicted octanol–water partition coefficient (Wildman–Crippen LogP) is 4.06. The first-order valence-electron chi connectivity index (χ1n) is 6.78. The Morgan fingerprint density at radius 3 is 2.44 bits per heavy atom. The van der Waals surface area contributed by atoms with E-state index in [-0.39, 0.29) is 5.69 Å². The van der Waals surface area contributed by atoms with Gasteiger partial charge in [0, 0.05) is 12.1 Å². The smallest absolute Gasteiger partial charge is 0.324 e. The Bertz CT molecular complexity index is 764. The molecule has 1 N–H and O–H groups in total. The van der Waals surface area contributed by atoms with Crippen LogP contribution in [0.5, 0.6) is 0 Å². The summed E-state index contributed by atoms with van der Waals surface area (Å²) in [6.45, 7) is 1.10. The van der Waals surface area contributed by atoms with E-state index in [0.29, 0.717) is 6.07 Å². The standard InChI is InChI=1S/C14H10F6N4O/c1-12(5-10(23-24-12)14(18,19)20)11(25)22-8-3-2-7(6-21)9(4-8)13(15,16)17/h2-4,10H,5H2,1H3,(H,22,25)/t10?,12-/m0/s1. The third kappa shape index (κ3) is 3.89. The molecule has 25 heavy (non-hydrogen) atoms. The van der Waals surface area contributed by atoms with Gasteiger partial charge in [0.05, 0.1) is 17.2 Å². The van der Waals surface area contributed by atoms with Gasteiger partial charge in [-0.3, -0.25) is 4.79 Å². The summed E-state index contributed by atoms with van der Waals surface area (Å²) in [6, 6.07) is 1.67. The maximum absolute atomic E-state index is 12.9. The number of hydrogen-bond donors (Lipinski definition) is 1. The lowest BCUT2D eigenvalue weighted by atomic mass is 9.94. The second-order valence-corrected chi connectivity index (χ2v) is 5.57. The first-order valence-corrected chi connectivity index (χ1v) is 6.78. The second-order valence-electron chi connectivity index (χ2n) is 5.57. The summed E-state index contributed by atoms with van der Waals surface area (Å²) in [5.41, 5.74) is -4.08. The van der Waals surface area contributed by atoms with E-state index in [1.54, 1.807) is 0 Å². The monoisotopic (exact) mass is 364 g/mol. The van der Waals surface area contributed by atoms with Crippen molar-refractivity contribution in [2.45, 2.75) is 37.3 Å². The molecule has 1 aromatic rings. The van der Waals surface area contributed by atoms with Crippen LogP contribution in [0.15, 0.2) is 28.4 Å². The Hall–Kier alpha value is -2.64. The van der Waals surface area contributed by atoms with E-state index in [0.717, 1.165) is 19.1 Å². The molecule has 1 aliphatic rings. The molecule has 0 saturated heterocycles. The van der Waals surface area contributed by atoms with E-state index in [9.17, 15) is 31.1 Å². The van der Waals surface area contributed by atoms with Crippen molar-refractivity contribution in [3.8, 4) is 6.07 Å². The van der Waals surface area contributed by atoms with Crippen LogP contribution in [0.1, 0.15) is 24.5 Å². The van der Waals surface area contributed by atoms with E-state index in [2.05, 4.69) is 15.5 Å². The van der Waals surface area contributed by atoms with E-state index in [1.165, 1.54) is 6.07 Å². The summed E-state index contributed by atoms with van der Waals surface area (Å²) in [7, 11) is 0. The number of nitrogens with zero attached hydrogens (tertiary/aromatic N) is 3. The molecule has 1 aromatic carbocycles. The van der Waals surface area contributed by atoms with Gasteiger partial charge in [0.25, 0.3) is 5.91 Å². The van der Waals surface area contributed by atoms with Crippen molar-refractivity contribution in [3.05, 3.63) is 29.3 Å². The number of anilines is 1. The average molecular weight is 364 g/mol. The molecule has 0 aromatic heterocycles. The molecular formula is C14H10F6N4O. The van der Waals surface area contributed by atoms with E-state index >= 15 is 0 Å². The minimum Gasteiger partial charge on any atom is -0.324 e. The van der Waals surface area contributed by atoms with Crippen LogP contribution >= 0.6 is 0 Å². The van der Waals surface area contributed by atoms with E-state index in [1.807, 2.05) is 0 Å². The first kappa shape index (κ1) is 18.7. The summed E-state index contributed by atoms with van der Waals surface area (Å²) in [5.74, 6) is -1.03. The number of amides is 1. The fourth-order valence-electron chi connectivity index (χ4n) is 2.19. The summed E-state index contributed by atoms with van der Waals surface area (Å²) >= 11 is 0. The molecule has 0 fully saturated rings. The minimum atomic E-state index is -4.83. The van der Waals surface area contributed by atoms with Gasteiger partial charge in [0.1, 0.15) is 0 Å². The molecule has 0 saturated carbocycles. The maximum atomic E-state index is 12.9. The number of alkyl halides is 6. The van der Waals surface area contributed by atoms with Gasteiger partial charge < -0.3 is 5.32 Å². The lowest BCUT2D eigenvalue weighted by Gasteiger charge is -2.20. The molecule has 134 valence electrons. The van der Waals surface area contributed by atoms with Gasteiger partial charge >= 0.3 is 12.4 Å². The van der Waals surface area contributed by atoms with Crippen molar-refractivity contribution in [1.29, 1.82) is 5.26 Å². The number of rotatable bonds is 2. The summed E-state index contributed by atoms with van der Waals surface area (Å²) < 4.78 is 76.5. The zero-order valence-electron chi connectivity index (χ0n) is 12.5. The molecule has 0 bridgehead atoms. The zero-order valence-corrected chi connectivity index (χ0v) is 12.5. The Morgan fingerprint density at radius 2 is 1.96 bits per heavy atom. The summed E-state index contributed by atoms with van der Waals surface area (Å²) in [4.78, 5) is 12.1. The number of hydrogen-bond acceptors (Lipinski definition) is 4. The summed E-state index contributed by atoms with van der Waals surface area (Å²) in [6.07, 6.45) is -10.2. The molecular weight excluding hydrogens is 354 g/mol. The number of nitriles is 1. The van der Waals surface area contributed by atoms with Gasteiger partial charge in [0.2, 0.25) is 0 Å². The zero-order chi connectivity index (χ0) is 19.0. The maximum Gasteiger partial charge on any atom is 0.417 e. The fourth-order valence-corrected chi connectivity index (χ4v) is 2.19. The molecule has 11 heteroatoms. The molecule has 2 rings (SSSR count). The molecule has 1 aliphatic heterocycles. The van der Waals surface area contributed by atoms with Gasteiger partial charge in [-0.05, 0) is 25.1 Å². The molecule has 0 radical (unpaired) electrons. The topological polar surface area (TPSA) is 77.6 Å². The average Bonchev–Trinajstić information content (AvgIpc) is 2.90. The van der Waals surface area contributed by atoms with Gasteiger partial charge in [-0.1, -0.05) is 0 Å². The van der Waals surface area contributed by atoms with Crippen LogP contribution in [0.4, 0.5) is 32.0 Å².